The molecular weight excluding hydrogens is 372 g/mol. The standard InChI is InChI=1S/C23H27F2N3O/c1-28(23(29)22-16-26-13-14-27-22)15-3-2-4-21(17-5-9-19(24)10-6-17)18-7-11-20(25)12-8-18/h4-12,22,26-27H,2-3,13-16H2,1H3. The quantitative estimate of drug-likeness (QED) is 0.703. The summed E-state index contributed by atoms with van der Waals surface area (Å²) in [5.74, 6) is -0.491. The van der Waals surface area contributed by atoms with Crippen molar-refractivity contribution in [2.24, 2.45) is 0 Å². The number of hydrogen-bond acceptors (Lipinski definition) is 3. The second-order valence-corrected chi connectivity index (χ2v) is 7.24. The minimum atomic E-state index is -0.293. The number of nitrogens with one attached hydrogen (secondary N) is 2. The first-order valence-electron chi connectivity index (χ1n) is 9.96. The number of allylic oxidation sites excluding steroid dienone is 1. The largest absolute Gasteiger partial charge is 0.344 e. The molecule has 4 nitrogen and oxygen atoms in total. The molecule has 1 saturated heterocycles. The van der Waals surface area contributed by atoms with Crippen LogP contribution in [0.2, 0.25) is 0 Å². The van der Waals surface area contributed by atoms with Crippen LogP contribution in [0.5, 0.6) is 0 Å². The zero-order chi connectivity index (χ0) is 20.6. The maximum absolute atomic E-state index is 13.3. The van der Waals surface area contributed by atoms with Gasteiger partial charge in [0, 0.05) is 33.2 Å². The van der Waals surface area contributed by atoms with E-state index in [1.54, 1.807) is 29.2 Å². The minimum absolute atomic E-state index is 0.0958. The highest BCUT2D eigenvalue weighted by Gasteiger charge is 2.22. The molecule has 0 spiro atoms. The van der Waals surface area contributed by atoms with Gasteiger partial charge in [-0.25, -0.2) is 8.78 Å². The average molecular weight is 399 g/mol. The van der Waals surface area contributed by atoms with Gasteiger partial charge in [0.2, 0.25) is 5.91 Å². The average Bonchev–Trinajstić information content (AvgIpc) is 2.75. The highest BCUT2D eigenvalue weighted by Crippen LogP contribution is 2.25. The zero-order valence-electron chi connectivity index (χ0n) is 16.6. The smallest absolute Gasteiger partial charge is 0.240 e. The third-order valence-corrected chi connectivity index (χ3v) is 5.07. The lowest BCUT2D eigenvalue weighted by molar-refractivity contribution is -0.132. The highest BCUT2D eigenvalue weighted by molar-refractivity contribution is 5.82. The summed E-state index contributed by atoms with van der Waals surface area (Å²) in [5.41, 5.74) is 2.68. The van der Waals surface area contributed by atoms with Crippen LogP contribution >= 0.6 is 0 Å². The molecular formula is C23H27F2N3O. The molecule has 1 heterocycles. The predicted molar refractivity (Wildman–Crippen MR) is 111 cm³/mol. The number of unbranched alkanes of at least 4 members (excludes halogenated alkanes) is 1. The van der Waals surface area contributed by atoms with Gasteiger partial charge < -0.3 is 15.5 Å². The number of piperazine rings is 1. The molecule has 1 fully saturated rings. The van der Waals surface area contributed by atoms with Crippen LogP contribution in [0, 0.1) is 11.6 Å². The molecule has 1 atom stereocenters. The zero-order valence-corrected chi connectivity index (χ0v) is 16.6. The minimum Gasteiger partial charge on any atom is -0.344 e. The number of carbonyl (C=O) groups excluding carboxylic acids is 1. The lowest BCUT2D eigenvalue weighted by atomic mass is 9.96. The third-order valence-electron chi connectivity index (χ3n) is 5.07. The van der Waals surface area contributed by atoms with E-state index in [1.165, 1.54) is 24.3 Å². The van der Waals surface area contributed by atoms with Gasteiger partial charge in [-0.3, -0.25) is 4.79 Å². The summed E-state index contributed by atoms with van der Waals surface area (Å²) < 4.78 is 26.6. The van der Waals surface area contributed by atoms with Crippen molar-refractivity contribution in [2.75, 3.05) is 33.2 Å². The van der Waals surface area contributed by atoms with E-state index in [0.717, 1.165) is 42.6 Å². The number of amides is 1. The first kappa shape index (κ1) is 21.1. The Hall–Kier alpha value is -2.57. The molecule has 6 heteroatoms. The number of benzene rings is 2. The Balaban J connectivity index is 1.64. The summed E-state index contributed by atoms with van der Waals surface area (Å²) >= 11 is 0. The fourth-order valence-corrected chi connectivity index (χ4v) is 3.44. The maximum Gasteiger partial charge on any atom is 0.240 e. The van der Waals surface area contributed by atoms with Gasteiger partial charge in [0.15, 0.2) is 0 Å². The Morgan fingerprint density at radius 2 is 1.62 bits per heavy atom. The van der Waals surface area contributed by atoms with Crippen LogP contribution in [-0.2, 0) is 4.79 Å². The van der Waals surface area contributed by atoms with Crippen LogP contribution < -0.4 is 10.6 Å². The van der Waals surface area contributed by atoms with E-state index < -0.39 is 0 Å². The number of rotatable bonds is 7. The number of carbonyl (C=O) groups is 1. The first-order chi connectivity index (χ1) is 14.0. The van der Waals surface area contributed by atoms with Gasteiger partial charge in [0.1, 0.15) is 11.6 Å². The normalized spacial score (nSPS) is 16.3. The van der Waals surface area contributed by atoms with Gasteiger partial charge in [-0.05, 0) is 53.8 Å². The van der Waals surface area contributed by atoms with Gasteiger partial charge in [-0.15, -0.1) is 0 Å². The van der Waals surface area contributed by atoms with E-state index in [2.05, 4.69) is 16.7 Å². The molecule has 0 bridgehead atoms. The van der Waals surface area contributed by atoms with Crippen molar-refractivity contribution in [3.63, 3.8) is 0 Å². The summed E-state index contributed by atoms with van der Waals surface area (Å²) in [6, 6.07) is 12.4. The fraction of sp³-hybridized carbons (Fsp3) is 0.348. The molecule has 0 radical (unpaired) electrons. The lowest BCUT2D eigenvalue weighted by Gasteiger charge is -2.28. The first-order valence-corrected chi connectivity index (χ1v) is 9.96. The Morgan fingerprint density at radius 3 is 2.14 bits per heavy atom. The van der Waals surface area contributed by atoms with Crippen LogP contribution in [0.1, 0.15) is 24.0 Å². The van der Waals surface area contributed by atoms with Crippen molar-refractivity contribution in [1.82, 2.24) is 15.5 Å². The molecule has 1 aliphatic heterocycles. The number of likely N-dealkylation sites (N-methyl/N-ethyl adjacent to an activating group) is 1. The second kappa shape index (κ2) is 10.3. The van der Waals surface area contributed by atoms with E-state index in [0.29, 0.717) is 13.1 Å². The summed E-state index contributed by atoms with van der Waals surface area (Å²) in [6.45, 7) is 2.98. The Morgan fingerprint density at radius 1 is 1.03 bits per heavy atom. The van der Waals surface area contributed by atoms with E-state index in [4.69, 9.17) is 0 Å². The summed E-state index contributed by atoms with van der Waals surface area (Å²) in [6.07, 6.45) is 3.62. The number of halogens is 2. The monoisotopic (exact) mass is 399 g/mol. The Labute approximate surface area is 170 Å². The summed E-state index contributed by atoms with van der Waals surface area (Å²) in [4.78, 5) is 14.2. The number of nitrogens with zero attached hydrogens (tertiary/aromatic N) is 1. The van der Waals surface area contributed by atoms with Crippen LogP contribution in [0.15, 0.2) is 54.6 Å². The van der Waals surface area contributed by atoms with Crippen molar-refractivity contribution >= 4 is 11.5 Å². The van der Waals surface area contributed by atoms with Gasteiger partial charge in [-0.1, -0.05) is 30.3 Å². The molecule has 0 aliphatic carbocycles. The second-order valence-electron chi connectivity index (χ2n) is 7.24. The molecule has 1 aliphatic rings. The predicted octanol–water partition coefficient (Wildman–Crippen LogP) is 3.20. The Bertz CT molecular complexity index is 781. The highest BCUT2D eigenvalue weighted by atomic mass is 19.1. The SMILES string of the molecule is CN(CCCC=C(c1ccc(F)cc1)c1ccc(F)cc1)C(=O)C1CNCCN1. The molecule has 2 N–H and O–H groups in total. The molecule has 3 rings (SSSR count). The summed E-state index contributed by atoms with van der Waals surface area (Å²) in [7, 11) is 1.82. The van der Waals surface area contributed by atoms with Crippen molar-refractivity contribution in [2.45, 2.75) is 18.9 Å². The van der Waals surface area contributed by atoms with Crippen LogP contribution in [0.3, 0.4) is 0 Å². The van der Waals surface area contributed by atoms with Crippen LogP contribution in [0.4, 0.5) is 8.78 Å². The maximum atomic E-state index is 13.3. The molecule has 2 aromatic rings. The van der Waals surface area contributed by atoms with E-state index in [1.807, 2.05) is 7.05 Å². The van der Waals surface area contributed by atoms with Crippen molar-refractivity contribution in [3.05, 3.63) is 77.4 Å². The molecule has 154 valence electrons. The fourth-order valence-electron chi connectivity index (χ4n) is 3.44. The number of hydrogen-bond donors (Lipinski definition) is 2. The lowest BCUT2D eigenvalue weighted by Crippen LogP contribution is -2.56. The third kappa shape index (κ3) is 5.95. The molecule has 1 unspecified atom stereocenters. The molecule has 29 heavy (non-hydrogen) atoms. The van der Waals surface area contributed by atoms with Crippen molar-refractivity contribution in [1.29, 1.82) is 0 Å². The van der Waals surface area contributed by atoms with Gasteiger partial charge in [0.05, 0.1) is 6.04 Å². The van der Waals surface area contributed by atoms with Gasteiger partial charge in [0.25, 0.3) is 0 Å². The molecule has 1 amide bonds. The summed E-state index contributed by atoms with van der Waals surface area (Å²) in [5, 5.41) is 6.46. The van der Waals surface area contributed by atoms with Crippen LogP contribution in [-0.4, -0.2) is 50.1 Å². The van der Waals surface area contributed by atoms with Crippen molar-refractivity contribution in [3.8, 4) is 0 Å². The Kier molecular flexibility index (Phi) is 7.49. The van der Waals surface area contributed by atoms with Gasteiger partial charge in [-0.2, -0.15) is 0 Å². The topological polar surface area (TPSA) is 44.4 Å². The van der Waals surface area contributed by atoms with E-state index in [-0.39, 0.29) is 23.6 Å². The van der Waals surface area contributed by atoms with Gasteiger partial charge >= 0.3 is 0 Å². The van der Waals surface area contributed by atoms with E-state index >= 15 is 0 Å². The molecule has 0 aromatic heterocycles. The molecule has 2 aromatic carbocycles. The van der Waals surface area contributed by atoms with Crippen molar-refractivity contribution < 1.29 is 13.6 Å². The van der Waals surface area contributed by atoms with Crippen LogP contribution in [0.25, 0.3) is 5.57 Å². The molecule has 0 saturated carbocycles. The van der Waals surface area contributed by atoms with E-state index in [9.17, 15) is 13.6 Å².